The van der Waals surface area contributed by atoms with Crippen LogP contribution in [0.15, 0.2) is 60.7 Å². The van der Waals surface area contributed by atoms with Crippen LogP contribution in [0.1, 0.15) is 11.1 Å². The minimum absolute atomic E-state index is 0.264. The monoisotopic (exact) mass is 384 g/mol. The van der Waals surface area contributed by atoms with Gasteiger partial charge in [0.2, 0.25) is 0 Å². The van der Waals surface area contributed by atoms with E-state index in [1.165, 1.54) is 24.3 Å². The molecule has 3 nitrogen and oxygen atoms in total. The first-order valence-electron chi connectivity index (χ1n) is 9.04. The number of ketones is 1. The Kier molecular flexibility index (Phi) is 7.79. The van der Waals surface area contributed by atoms with Crippen LogP contribution in [-0.4, -0.2) is 56.9 Å². The number of carbonyl (C=O) groups is 1. The number of benzene rings is 2. The number of likely N-dealkylation sites (N-methyl/N-ethyl adjacent to an activating group) is 2. The molecule has 2 aromatic rings. The van der Waals surface area contributed by atoms with Crippen LogP contribution >= 0.6 is 0 Å². The van der Waals surface area contributed by atoms with E-state index in [1.54, 1.807) is 36.4 Å². The Bertz CT molecular complexity index is 814. The second-order valence-corrected chi connectivity index (χ2v) is 7.11. The summed E-state index contributed by atoms with van der Waals surface area (Å²) in [5.74, 6) is -1.09. The lowest BCUT2D eigenvalue weighted by Crippen LogP contribution is -2.15. The Morgan fingerprint density at radius 1 is 0.786 bits per heavy atom. The molecule has 0 aliphatic heterocycles. The van der Waals surface area contributed by atoms with Crippen LogP contribution in [0.4, 0.5) is 8.78 Å². The molecule has 0 unspecified atom stereocenters. The highest BCUT2D eigenvalue weighted by Crippen LogP contribution is 2.26. The van der Waals surface area contributed by atoms with Crippen molar-refractivity contribution in [2.75, 3.05) is 41.3 Å². The standard InChI is InChI=1S/C23H26F2N2O/c1-26(2)13-11-21(17-7-5-9-19(24)15-17)23(28)22(12-14-27(3)4)18-8-6-10-20(25)16-18/h5-12,15-16H,13-14H2,1-4H3. The first-order chi connectivity index (χ1) is 13.3. The van der Waals surface area contributed by atoms with E-state index in [9.17, 15) is 13.6 Å². The minimum atomic E-state index is -0.411. The van der Waals surface area contributed by atoms with Crippen molar-refractivity contribution in [1.82, 2.24) is 9.80 Å². The fraction of sp³-hybridized carbons (Fsp3) is 0.261. The maximum absolute atomic E-state index is 13.8. The van der Waals surface area contributed by atoms with Crippen LogP contribution in [0, 0.1) is 11.6 Å². The summed E-state index contributed by atoms with van der Waals surface area (Å²) < 4.78 is 27.6. The zero-order chi connectivity index (χ0) is 20.7. The number of halogens is 2. The zero-order valence-electron chi connectivity index (χ0n) is 16.7. The third kappa shape index (κ3) is 6.22. The molecule has 0 N–H and O–H groups in total. The van der Waals surface area contributed by atoms with Gasteiger partial charge in [0.15, 0.2) is 5.78 Å². The number of nitrogens with zero attached hydrogens (tertiary/aromatic N) is 2. The molecule has 0 aromatic heterocycles. The lowest BCUT2D eigenvalue weighted by Gasteiger charge is -2.15. The normalized spacial score (nSPS) is 12.7. The Hall–Kier alpha value is -2.63. The average molecular weight is 384 g/mol. The van der Waals surface area contributed by atoms with E-state index in [2.05, 4.69) is 0 Å². The van der Waals surface area contributed by atoms with Crippen LogP contribution in [0.25, 0.3) is 11.1 Å². The van der Waals surface area contributed by atoms with E-state index in [-0.39, 0.29) is 5.78 Å². The first-order valence-corrected chi connectivity index (χ1v) is 9.04. The highest BCUT2D eigenvalue weighted by atomic mass is 19.1. The number of rotatable bonds is 8. The van der Waals surface area contributed by atoms with E-state index in [0.29, 0.717) is 35.4 Å². The molecule has 0 saturated carbocycles. The van der Waals surface area contributed by atoms with Gasteiger partial charge in [-0.2, -0.15) is 0 Å². The molecule has 0 saturated heterocycles. The fourth-order valence-electron chi connectivity index (χ4n) is 2.69. The highest BCUT2D eigenvalue weighted by molar-refractivity contribution is 6.42. The zero-order valence-corrected chi connectivity index (χ0v) is 16.7. The van der Waals surface area contributed by atoms with Crippen molar-refractivity contribution in [3.63, 3.8) is 0 Å². The highest BCUT2D eigenvalue weighted by Gasteiger charge is 2.19. The second-order valence-electron chi connectivity index (χ2n) is 7.11. The van der Waals surface area contributed by atoms with Crippen LogP contribution in [0.3, 0.4) is 0 Å². The quantitative estimate of drug-likeness (QED) is 0.640. The van der Waals surface area contributed by atoms with Crippen LogP contribution in [0.2, 0.25) is 0 Å². The summed E-state index contributed by atoms with van der Waals surface area (Å²) in [4.78, 5) is 17.3. The molecule has 0 heterocycles. The predicted octanol–water partition coefficient (Wildman–Crippen LogP) is 4.12. The lowest BCUT2D eigenvalue weighted by atomic mass is 9.91. The summed E-state index contributed by atoms with van der Waals surface area (Å²) in [7, 11) is 7.55. The first kappa shape index (κ1) is 21.7. The lowest BCUT2D eigenvalue weighted by molar-refractivity contribution is -0.108. The Balaban J connectivity index is 2.55. The third-order valence-corrected chi connectivity index (χ3v) is 4.08. The van der Waals surface area contributed by atoms with Gasteiger partial charge in [-0.05, 0) is 63.6 Å². The Morgan fingerprint density at radius 2 is 1.18 bits per heavy atom. The second kappa shape index (κ2) is 10.1. The van der Waals surface area contributed by atoms with Crippen molar-refractivity contribution >= 4 is 16.9 Å². The van der Waals surface area contributed by atoms with E-state index < -0.39 is 11.6 Å². The van der Waals surface area contributed by atoms with Gasteiger partial charge >= 0.3 is 0 Å². The molecule has 0 fully saturated rings. The molecule has 0 spiro atoms. The number of hydrogen-bond donors (Lipinski definition) is 0. The van der Waals surface area contributed by atoms with Gasteiger partial charge in [-0.3, -0.25) is 4.79 Å². The van der Waals surface area contributed by atoms with Gasteiger partial charge < -0.3 is 9.80 Å². The molecule has 0 atom stereocenters. The molecule has 0 radical (unpaired) electrons. The summed E-state index contributed by atoms with van der Waals surface area (Å²) in [5, 5.41) is 0. The molecular weight excluding hydrogens is 358 g/mol. The van der Waals surface area contributed by atoms with E-state index in [1.807, 2.05) is 38.0 Å². The van der Waals surface area contributed by atoms with Crippen LogP contribution < -0.4 is 0 Å². The van der Waals surface area contributed by atoms with Gasteiger partial charge in [0.1, 0.15) is 11.6 Å². The molecule has 2 aromatic carbocycles. The maximum Gasteiger partial charge on any atom is 0.193 e. The Morgan fingerprint density at radius 3 is 1.50 bits per heavy atom. The topological polar surface area (TPSA) is 23.6 Å². The Labute approximate surface area is 165 Å². The van der Waals surface area contributed by atoms with E-state index >= 15 is 0 Å². The predicted molar refractivity (Wildman–Crippen MR) is 111 cm³/mol. The van der Waals surface area contributed by atoms with Gasteiger partial charge in [0.05, 0.1) is 0 Å². The molecule has 5 heteroatoms. The smallest absolute Gasteiger partial charge is 0.193 e. The molecule has 0 aliphatic carbocycles. The van der Waals surface area contributed by atoms with Crippen molar-refractivity contribution in [1.29, 1.82) is 0 Å². The summed E-state index contributed by atoms with van der Waals surface area (Å²) in [6, 6.07) is 11.9. The molecule has 0 bridgehead atoms. The maximum atomic E-state index is 13.8. The SMILES string of the molecule is CN(C)CC=C(C(=O)C(=CCN(C)C)c1cccc(F)c1)c1cccc(F)c1. The molecule has 148 valence electrons. The number of Topliss-reactive ketones (excluding diaryl/α,β-unsaturated/α-hetero) is 1. The molecule has 2 rings (SSSR count). The molecule has 28 heavy (non-hydrogen) atoms. The number of allylic oxidation sites excluding steroid dienone is 2. The van der Waals surface area contributed by atoms with Crippen molar-refractivity contribution in [3.05, 3.63) is 83.4 Å². The van der Waals surface area contributed by atoms with E-state index in [0.717, 1.165) is 0 Å². The summed E-state index contributed by atoms with van der Waals surface area (Å²) >= 11 is 0. The van der Waals surface area contributed by atoms with Crippen molar-refractivity contribution in [3.8, 4) is 0 Å². The summed E-state index contributed by atoms with van der Waals surface area (Å²) in [5.41, 5.74) is 1.78. The van der Waals surface area contributed by atoms with Crippen molar-refractivity contribution in [2.45, 2.75) is 0 Å². The fourth-order valence-corrected chi connectivity index (χ4v) is 2.69. The average Bonchev–Trinajstić information content (AvgIpc) is 2.61. The van der Waals surface area contributed by atoms with Gasteiger partial charge in [0, 0.05) is 24.2 Å². The molecule has 0 amide bonds. The van der Waals surface area contributed by atoms with Crippen LogP contribution in [-0.2, 0) is 4.79 Å². The summed E-state index contributed by atoms with van der Waals surface area (Å²) in [6.07, 6.45) is 3.56. The summed E-state index contributed by atoms with van der Waals surface area (Å²) in [6.45, 7) is 1.03. The van der Waals surface area contributed by atoms with Gasteiger partial charge in [-0.15, -0.1) is 0 Å². The van der Waals surface area contributed by atoms with Gasteiger partial charge in [-0.1, -0.05) is 36.4 Å². The van der Waals surface area contributed by atoms with Crippen molar-refractivity contribution in [2.24, 2.45) is 0 Å². The molecular formula is C23H26F2N2O. The molecule has 0 aliphatic rings. The third-order valence-electron chi connectivity index (χ3n) is 4.08. The van der Waals surface area contributed by atoms with Gasteiger partial charge in [-0.25, -0.2) is 8.78 Å². The number of hydrogen-bond acceptors (Lipinski definition) is 3. The van der Waals surface area contributed by atoms with E-state index in [4.69, 9.17) is 0 Å². The van der Waals surface area contributed by atoms with Crippen LogP contribution in [0.5, 0.6) is 0 Å². The number of carbonyl (C=O) groups excluding carboxylic acids is 1. The van der Waals surface area contributed by atoms with Gasteiger partial charge in [0.25, 0.3) is 0 Å². The van der Waals surface area contributed by atoms with Crippen molar-refractivity contribution < 1.29 is 13.6 Å². The minimum Gasteiger partial charge on any atom is -0.306 e. The largest absolute Gasteiger partial charge is 0.306 e.